The van der Waals surface area contributed by atoms with E-state index in [2.05, 4.69) is 38.1 Å². The number of hydrogen-bond donors (Lipinski definition) is 1. The van der Waals surface area contributed by atoms with Crippen molar-refractivity contribution in [2.24, 2.45) is 5.92 Å². The van der Waals surface area contributed by atoms with Gasteiger partial charge in [-0.2, -0.15) is 13.2 Å². The van der Waals surface area contributed by atoms with Gasteiger partial charge in [-0.25, -0.2) is 4.79 Å². The Morgan fingerprint density at radius 1 is 1.16 bits per heavy atom. The number of aliphatic carboxylic acids is 1. The van der Waals surface area contributed by atoms with E-state index < -0.39 is 12.1 Å². The molecule has 0 spiro atoms. The van der Waals surface area contributed by atoms with Crippen molar-refractivity contribution in [3.63, 3.8) is 0 Å². The van der Waals surface area contributed by atoms with E-state index in [0.717, 1.165) is 35.9 Å². The highest BCUT2D eigenvalue weighted by atomic mass is 19.4. The van der Waals surface area contributed by atoms with Crippen LogP contribution in [0.3, 0.4) is 0 Å². The Kier molecular flexibility index (Phi) is 9.03. The average molecular weight is 454 g/mol. The van der Waals surface area contributed by atoms with Crippen molar-refractivity contribution >= 4 is 22.6 Å². The Morgan fingerprint density at radius 2 is 1.78 bits per heavy atom. The van der Waals surface area contributed by atoms with Crippen LogP contribution in [0.5, 0.6) is 0 Å². The molecule has 0 aromatic heterocycles. The van der Waals surface area contributed by atoms with E-state index >= 15 is 0 Å². The van der Waals surface area contributed by atoms with Gasteiger partial charge in [-0.1, -0.05) is 30.3 Å². The Balaban J connectivity index is 0.000000451. The third-order valence-corrected chi connectivity index (χ3v) is 5.43. The van der Waals surface area contributed by atoms with Crippen LogP contribution in [0.25, 0.3) is 10.8 Å². The van der Waals surface area contributed by atoms with Crippen LogP contribution >= 0.6 is 0 Å². The molecule has 0 unspecified atom stereocenters. The zero-order valence-electron chi connectivity index (χ0n) is 18.4. The molecule has 6 nitrogen and oxygen atoms in total. The third-order valence-electron chi connectivity index (χ3n) is 5.43. The van der Waals surface area contributed by atoms with Crippen molar-refractivity contribution in [3.05, 3.63) is 48.0 Å². The molecule has 1 aliphatic rings. The molecule has 2 aromatic carbocycles. The number of hydrogen-bond acceptors (Lipinski definition) is 4. The van der Waals surface area contributed by atoms with Crippen LogP contribution in [0.15, 0.2) is 42.5 Å². The summed E-state index contributed by atoms with van der Waals surface area (Å²) >= 11 is 0. The Morgan fingerprint density at radius 3 is 2.38 bits per heavy atom. The summed E-state index contributed by atoms with van der Waals surface area (Å²) in [6.07, 6.45) is -4.05. The standard InChI is InChI=1S/C21H28N2O2.C2HF3O2/c1-16-20(10-11-22(2)3)15-25-13-12-23(16)21(24)19-9-8-17-6-4-5-7-18(17)14-19;3-2(4,5)1(6)7/h4-9,14,16,20H,10-13,15H2,1-3H3;(H,6,7)/t16-,20+;/m0./s1. The number of benzene rings is 2. The van der Waals surface area contributed by atoms with Crippen molar-refractivity contribution in [3.8, 4) is 0 Å². The number of nitrogens with zero attached hydrogens (tertiary/aromatic N) is 2. The monoisotopic (exact) mass is 454 g/mol. The number of halogens is 3. The maximum Gasteiger partial charge on any atom is 0.490 e. The highest BCUT2D eigenvalue weighted by molar-refractivity contribution is 5.98. The zero-order chi connectivity index (χ0) is 23.9. The lowest BCUT2D eigenvalue weighted by Crippen LogP contribution is -2.43. The van der Waals surface area contributed by atoms with Gasteiger partial charge in [0, 0.05) is 24.1 Å². The van der Waals surface area contributed by atoms with Gasteiger partial charge in [0.15, 0.2) is 0 Å². The van der Waals surface area contributed by atoms with Gasteiger partial charge < -0.3 is 19.6 Å². The lowest BCUT2D eigenvalue weighted by molar-refractivity contribution is -0.192. The second kappa shape index (κ2) is 11.3. The van der Waals surface area contributed by atoms with Crippen LogP contribution < -0.4 is 0 Å². The molecule has 2 atom stereocenters. The summed E-state index contributed by atoms with van der Waals surface area (Å²) in [6.45, 7) is 5.17. The number of carboxylic acid groups (broad SMARTS) is 1. The van der Waals surface area contributed by atoms with Crippen LogP contribution in [0.1, 0.15) is 23.7 Å². The number of amides is 1. The molecule has 0 aliphatic carbocycles. The largest absolute Gasteiger partial charge is 0.490 e. The molecule has 0 saturated carbocycles. The summed E-state index contributed by atoms with van der Waals surface area (Å²) in [5.41, 5.74) is 0.763. The van der Waals surface area contributed by atoms with Crippen LogP contribution in [0.2, 0.25) is 0 Å². The molecule has 1 aliphatic heterocycles. The summed E-state index contributed by atoms with van der Waals surface area (Å²) in [5.74, 6) is -2.28. The first-order chi connectivity index (χ1) is 15.0. The Hall–Kier alpha value is -2.65. The fourth-order valence-electron chi connectivity index (χ4n) is 3.52. The van der Waals surface area contributed by atoms with Crippen LogP contribution in [0, 0.1) is 5.92 Å². The number of ether oxygens (including phenoxy) is 1. The van der Waals surface area contributed by atoms with Crippen molar-refractivity contribution in [1.82, 2.24) is 9.80 Å². The Labute approximate surface area is 185 Å². The SMILES string of the molecule is C[C@H]1[C@H](CCN(C)C)COCCN1C(=O)c1ccc2ccccc2c1.O=C(O)C(F)(F)F. The normalized spacial score (nSPS) is 19.3. The molecule has 2 aromatic rings. The van der Waals surface area contributed by atoms with Crippen molar-refractivity contribution in [1.29, 1.82) is 0 Å². The predicted molar refractivity (Wildman–Crippen MR) is 116 cm³/mol. The van der Waals surface area contributed by atoms with Gasteiger partial charge in [-0.15, -0.1) is 0 Å². The number of carboxylic acids is 1. The molecule has 1 amide bonds. The smallest absolute Gasteiger partial charge is 0.475 e. The molecular weight excluding hydrogens is 425 g/mol. The number of fused-ring (bicyclic) bond motifs is 1. The van der Waals surface area contributed by atoms with Gasteiger partial charge in [0.2, 0.25) is 0 Å². The topological polar surface area (TPSA) is 70.1 Å². The number of rotatable bonds is 4. The molecule has 0 radical (unpaired) electrons. The third kappa shape index (κ3) is 7.20. The van der Waals surface area contributed by atoms with E-state index in [9.17, 15) is 18.0 Å². The minimum atomic E-state index is -5.08. The second-order valence-electron chi connectivity index (χ2n) is 8.03. The van der Waals surface area contributed by atoms with Crippen molar-refractivity contribution in [2.45, 2.75) is 25.6 Å². The van der Waals surface area contributed by atoms with Crippen molar-refractivity contribution in [2.75, 3.05) is 40.4 Å². The molecule has 1 N–H and O–H groups in total. The lowest BCUT2D eigenvalue weighted by atomic mass is 9.96. The van der Waals surface area contributed by atoms with E-state index in [1.54, 1.807) is 0 Å². The highest BCUT2D eigenvalue weighted by Gasteiger charge is 2.38. The molecule has 176 valence electrons. The first-order valence-corrected chi connectivity index (χ1v) is 10.3. The summed E-state index contributed by atoms with van der Waals surface area (Å²) < 4.78 is 37.5. The van der Waals surface area contributed by atoms with Crippen LogP contribution in [-0.2, 0) is 9.53 Å². The van der Waals surface area contributed by atoms with E-state index in [1.807, 2.05) is 35.2 Å². The van der Waals surface area contributed by atoms with E-state index in [1.165, 1.54) is 0 Å². The Bertz CT molecular complexity index is 917. The fraction of sp³-hybridized carbons (Fsp3) is 0.478. The molecular formula is C23H29F3N2O4. The van der Waals surface area contributed by atoms with E-state index in [0.29, 0.717) is 19.1 Å². The highest BCUT2D eigenvalue weighted by Crippen LogP contribution is 2.23. The fourth-order valence-corrected chi connectivity index (χ4v) is 3.52. The first kappa shape index (κ1) is 25.6. The number of alkyl halides is 3. The second-order valence-corrected chi connectivity index (χ2v) is 8.03. The molecule has 0 bridgehead atoms. The molecule has 9 heteroatoms. The van der Waals surface area contributed by atoms with Gasteiger partial charge in [0.25, 0.3) is 5.91 Å². The number of carbonyl (C=O) groups excluding carboxylic acids is 1. The van der Waals surface area contributed by atoms with Gasteiger partial charge in [-0.3, -0.25) is 4.79 Å². The summed E-state index contributed by atoms with van der Waals surface area (Å²) in [6, 6.07) is 14.3. The maximum absolute atomic E-state index is 13.2. The summed E-state index contributed by atoms with van der Waals surface area (Å²) in [5, 5.41) is 9.39. The molecule has 1 heterocycles. The minimum Gasteiger partial charge on any atom is -0.475 e. The summed E-state index contributed by atoms with van der Waals surface area (Å²) in [7, 11) is 4.17. The average Bonchev–Trinajstić information content (AvgIpc) is 2.92. The first-order valence-electron chi connectivity index (χ1n) is 10.3. The lowest BCUT2D eigenvalue weighted by Gasteiger charge is -2.32. The van der Waals surface area contributed by atoms with Gasteiger partial charge in [0.05, 0.1) is 13.2 Å². The summed E-state index contributed by atoms with van der Waals surface area (Å²) in [4.78, 5) is 26.2. The molecule has 3 rings (SSSR count). The number of carbonyl (C=O) groups is 2. The quantitative estimate of drug-likeness (QED) is 0.759. The zero-order valence-corrected chi connectivity index (χ0v) is 18.4. The van der Waals surface area contributed by atoms with Gasteiger partial charge >= 0.3 is 12.1 Å². The van der Waals surface area contributed by atoms with E-state index in [-0.39, 0.29) is 11.9 Å². The van der Waals surface area contributed by atoms with Gasteiger partial charge in [-0.05, 0) is 56.9 Å². The van der Waals surface area contributed by atoms with Gasteiger partial charge in [0.1, 0.15) is 0 Å². The van der Waals surface area contributed by atoms with Crippen LogP contribution in [0.4, 0.5) is 13.2 Å². The molecule has 1 saturated heterocycles. The van der Waals surface area contributed by atoms with E-state index in [4.69, 9.17) is 14.6 Å². The molecule has 32 heavy (non-hydrogen) atoms. The predicted octanol–water partition coefficient (Wildman–Crippen LogP) is 3.90. The van der Waals surface area contributed by atoms with Crippen molar-refractivity contribution < 1.29 is 32.6 Å². The molecule has 1 fully saturated rings. The minimum absolute atomic E-state index is 0.110. The van der Waals surface area contributed by atoms with Crippen LogP contribution in [-0.4, -0.2) is 79.4 Å². The maximum atomic E-state index is 13.2.